The molecule has 0 fully saturated rings. The van der Waals surface area contributed by atoms with Gasteiger partial charge in [0.1, 0.15) is 0 Å². The summed E-state index contributed by atoms with van der Waals surface area (Å²) in [5, 5.41) is 19.5. The molecule has 0 saturated heterocycles. The molecule has 2 unspecified atom stereocenters. The summed E-state index contributed by atoms with van der Waals surface area (Å²) < 4.78 is 0. The Balaban J connectivity index is -0.000000292. The van der Waals surface area contributed by atoms with Crippen molar-refractivity contribution in [2.75, 3.05) is 0 Å². The van der Waals surface area contributed by atoms with Crippen molar-refractivity contribution in [1.29, 1.82) is 0 Å². The topological polar surface area (TPSA) is 98.4 Å². The van der Waals surface area contributed by atoms with Crippen LogP contribution in [-0.4, -0.2) is 23.7 Å². The Morgan fingerprint density at radius 2 is 1.75 bits per heavy atom. The van der Waals surface area contributed by atoms with Crippen LogP contribution in [0.1, 0.15) is 46.0 Å². The zero-order valence-corrected chi connectivity index (χ0v) is 15.5. The molecule has 0 saturated carbocycles. The van der Waals surface area contributed by atoms with Crippen molar-refractivity contribution in [3.05, 3.63) is 0 Å². The van der Waals surface area contributed by atoms with Crippen molar-refractivity contribution < 1.29 is 73.2 Å². The molecule has 5 nitrogen and oxygen atoms in total. The summed E-state index contributed by atoms with van der Waals surface area (Å²) in [5.41, 5.74) is 1.75. The summed E-state index contributed by atoms with van der Waals surface area (Å²) in [6.45, 7) is 3.50. The van der Waals surface area contributed by atoms with E-state index in [1.165, 1.54) is 0 Å². The van der Waals surface area contributed by atoms with Crippen molar-refractivity contribution in [2.24, 2.45) is 5.84 Å². The molecule has 4 N–H and O–H groups in total. The summed E-state index contributed by atoms with van der Waals surface area (Å²) in [5.74, 6) is 4.41. The largest absolute Gasteiger partial charge is 1.00 e. The first kappa shape index (κ1) is 22.3. The van der Waals surface area contributed by atoms with E-state index >= 15 is 0 Å². The average Bonchev–Trinajstić information content (AvgIpc) is 2.17. The first-order chi connectivity index (χ1) is 7.04. The molecule has 0 bridgehead atoms. The van der Waals surface area contributed by atoms with Crippen LogP contribution in [0, 0.1) is 0 Å². The van der Waals surface area contributed by atoms with Gasteiger partial charge in [-0.25, -0.2) is 5.84 Å². The van der Waals surface area contributed by atoms with Gasteiger partial charge in [-0.2, -0.15) is 0 Å². The maximum Gasteiger partial charge on any atom is 1.00 e. The van der Waals surface area contributed by atoms with Gasteiger partial charge in [0.05, 0.1) is 6.10 Å². The van der Waals surface area contributed by atoms with E-state index in [9.17, 15) is 5.11 Å². The van der Waals surface area contributed by atoms with E-state index in [1.54, 1.807) is 19.3 Å². The van der Waals surface area contributed by atoms with Crippen LogP contribution in [0.2, 0.25) is 0 Å². The molecular weight excluding hydrogens is 282 g/mol. The predicted octanol–water partition coefficient (Wildman–Crippen LogP) is -3.32. The van der Waals surface area contributed by atoms with E-state index in [0.29, 0.717) is 6.41 Å². The SMILES string of the molecule is CC([O-])CCCCCC(C)O.NNC=O.[Rb+]. The van der Waals surface area contributed by atoms with Crippen LogP contribution in [-0.2, 0) is 4.79 Å². The number of hydrogen-bond donors (Lipinski definition) is 3. The van der Waals surface area contributed by atoms with Gasteiger partial charge in [-0.15, -0.1) is 6.10 Å². The Kier molecular flexibility index (Phi) is 25.9. The molecule has 0 heterocycles. The van der Waals surface area contributed by atoms with Crippen molar-refractivity contribution in [3.63, 3.8) is 0 Å². The zero-order chi connectivity index (χ0) is 12.1. The summed E-state index contributed by atoms with van der Waals surface area (Å²) in [7, 11) is 0. The Bertz CT molecular complexity index is 125. The first-order valence-corrected chi connectivity index (χ1v) is 5.28. The molecule has 0 aromatic carbocycles. The summed E-state index contributed by atoms with van der Waals surface area (Å²) >= 11 is 0. The number of hydrogen-bond acceptors (Lipinski definition) is 4. The van der Waals surface area contributed by atoms with Crippen LogP contribution in [0.25, 0.3) is 0 Å². The number of hydrazine groups is 1. The number of carbonyl (C=O) groups excluding carboxylic acids is 1. The maximum absolute atomic E-state index is 10.6. The minimum Gasteiger partial charge on any atom is -0.852 e. The normalized spacial score (nSPS) is 12.6. The first-order valence-electron chi connectivity index (χ1n) is 5.28. The van der Waals surface area contributed by atoms with E-state index in [4.69, 9.17) is 9.90 Å². The van der Waals surface area contributed by atoms with Gasteiger partial charge in [-0.1, -0.05) is 32.6 Å². The molecule has 0 aromatic heterocycles. The fraction of sp³-hybridized carbons (Fsp3) is 0.900. The fourth-order valence-electron chi connectivity index (χ4n) is 1.05. The van der Waals surface area contributed by atoms with Crippen LogP contribution in [0.4, 0.5) is 0 Å². The number of rotatable bonds is 7. The summed E-state index contributed by atoms with van der Waals surface area (Å²) in [4.78, 5) is 8.94. The van der Waals surface area contributed by atoms with E-state index in [0.717, 1.165) is 32.1 Å². The second-order valence-electron chi connectivity index (χ2n) is 3.58. The second-order valence-corrected chi connectivity index (χ2v) is 3.58. The molecule has 2 atom stereocenters. The molecule has 0 rings (SSSR count). The van der Waals surface area contributed by atoms with Gasteiger partial charge in [0.25, 0.3) is 0 Å². The molecule has 0 aliphatic rings. The number of nitrogens with one attached hydrogen (secondary N) is 1. The van der Waals surface area contributed by atoms with Crippen LogP contribution in [0.5, 0.6) is 0 Å². The number of aliphatic hydroxyl groups is 1. The average molecular weight is 305 g/mol. The molecule has 0 radical (unpaired) electrons. The summed E-state index contributed by atoms with van der Waals surface area (Å²) in [6.07, 6.45) is 4.59. The van der Waals surface area contributed by atoms with Gasteiger partial charge < -0.3 is 10.2 Å². The molecule has 0 aliphatic heterocycles. The van der Waals surface area contributed by atoms with Crippen molar-refractivity contribution >= 4 is 6.41 Å². The molecular formula is C10H23N2O3Rb. The molecule has 92 valence electrons. The van der Waals surface area contributed by atoms with E-state index in [1.807, 2.05) is 0 Å². The second kappa shape index (κ2) is 18.5. The Morgan fingerprint density at radius 1 is 1.31 bits per heavy atom. The van der Waals surface area contributed by atoms with Gasteiger partial charge in [0, 0.05) is 0 Å². The number of carbonyl (C=O) groups is 1. The van der Waals surface area contributed by atoms with Crippen molar-refractivity contribution in [1.82, 2.24) is 5.43 Å². The molecule has 16 heavy (non-hydrogen) atoms. The Labute approximate surface area is 147 Å². The van der Waals surface area contributed by atoms with Crippen LogP contribution >= 0.6 is 0 Å². The summed E-state index contributed by atoms with van der Waals surface area (Å²) in [6, 6.07) is 0. The molecule has 0 spiro atoms. The Hall–Kier alpha value is 1.16. The van der Waals surface area contributed by atoms with Gasteiger partial charge in [-0.05, 0) is 13.3 Å². The van der Waals surface area contributed by atoms with Crippen LogP contribution in [0.15, 0.2) is 0 Å². The maximum atomic E-state index is 10.6. The third-order valence-electron chi connectivity index (χ3n) is 1.80. The minimum absolute atomic E-state index is 0. The van der Waals surface area contributed by atoms with E-state index in [-0.39, 0.29) is 64.3 Å². The predicted molar refractivity (Wildman–Crippen MR) is 57.6 cm³/mol. The van der Waals surface area contributed by atoms with Gasteiger partial charge >= 0.3 is 58.2 Å². The van der Waals surface area contributed by atoms with Crippen molar-refractivity contribution in [3.8, 4) is 0 Å². The molecule has 0 aliphatic carbocycles. The van der Waals surface area contributed by atoms with E-state index < -0.39 is 6.10 Å². The molecule has 6 heteroatoms. The molecule has 0 aromatic rings. The number of unbranched alkanes of at least 4 members (excludes halogenated alkanes) is 2. The van der Waals surface area contributed by atoms with Gasteiger partial charge in [-0.3, -0.25) is 10.2 Å². The number of amides is 1. The number of aliphatic hydroxyl groups excluding tert-OH is 1. The minimum atomic E-state index is -0.415. The van der Waals surface area contributed by atoms with Gasteiger partial charge in [0.2, 0.25) is 6.41 Å². The quantitative estimate of drug-likeness (QED) is 0.151. The third kappa shape index (κ3) is 29.4. The number of nitrogens with two attached hydrogens (primary N) is 1. The fourth-order valence-corrected chi connectivity index (χ4v) is 1.05. The molecule has 1 amide bonds. The van der Waals surface area contributed by atoms with E-state index in [2.05, 4.69) is 5.84 Å². The monoisotopic (exact) mass is 304 g/mol. The Morgan fingerprint density at radius 3 is 2.06 bits per heavy atom. The van der Waals surface area contributed by atoms with Gasteiger partial charge in [0.15, 0.2) is 0 Å². The zero-order valence-electron chi connectivity index (χ0n) is 10.6. The van der Waals surface area contributed by atoms with Crippen LogP contribution < -0.4 is 74.6 Å². The smallest absolute Gasteiger partial charge is 0.852 e. The van der Waals surface area contributed by atoms with Crippen LogP contribution in [0.3, 0.4) is 0 Å². The standard InChI is InChI=1S/C9H19O2.CH4N2O.Rb/c1-8(10)6-4-3-5-7-9(2)11;2-3-1-4;/h8-10H,3-7H2,1-2H3;1H,2H2,(H,3,4);/q-1;;+1. The van der Waals surface area contributed by atoms with Crippen molar-refractivity contribution in [2.45, 2.75) is 58.2 Å². The third-order valence-corrected chi connectivity index (χ3v) is 1.80.